The van der Waals surface area contributed by atoms with E-state index in [0.717, 1.165) is 38.0 Å². The van der Waals surface area contributed by atoms with Gasteiger partial charge in [-0.05, 0) is 31.9 Å². The Labute approximate surface area is 130 Å². The van der Waals surface area contributed by atoms with Crippen molar-refractivity contribution in [3.05, 3.63) is 24.3 Å². The predicted molar refractivity (Wildman–Crippen MR) is 82.1 cm³/mol. The summed E-state index contributed by atoms with van der Waals surface area (Å²) in [5, 5.41) is 0. The lowest BCUT2D eigenvalue weighted by atomic mass is 10.1. The van der Waals surface area contributed by atoms with Gasteiger partial charge in [-0.15, -0.1) is 0 Å². The molecule has 22 heavy (non-hydrogen) atoms. The van der Waals surface area contributed by atoms with E-state index in [1.54, 1.807) is 0 Å². The topological polar surface area (TPSA) is 42.0 Å². The third kappa shape index (κ3) is 2.54. The number of hydrogen-bond donors (Lipinski definition) is 0. The minimum Gasteiger partial charge on any atom is -0.482 e. The molecule has 0 N–H and O–H groups in total. The first-order valence-electron chi connectivity index (χ1n) is 8.17. The first kappa shape index (κ1) is 13.9. The molecule has 0 unspecified atom stereocenters. The molecule has 1 saturated carbocycles. The lowest BCUT2D eigenvalue weighted by Gasteiger charge is -2.38. The molecule has 2 heterocycles. The Morgan fingerprint density at radius 3 is 2.32 bits per heavy atom. The number of ether oxygens (including phenoxy) is 2. The fourth-order valence-corrected chi connectivity index (χ4v) is 3.32. The van der Waals surface area contributed by atoms with Gasteiger partial charge in [0.1, 0.15) is 6.10 Å². The predicted octanol–water partition coefficient (Wildman–Crippen LogP) is 1.52. The minimum atomic E-state index is -0.539. The maximum absolute atomic E-state index is 12.8. The van der Waals surface area contributed by atoms with Crippen LogP contribution in [0.5, 0.6) is 11.5 Å². The lowest BCUT2D eigenvalue weighted by Crippen LogP contribution is -2.56. The Bertz CT molecular complexity index is 565. The van der Waals surface area contributed by atoms with Crippen LogP contribution in [0.1, 0.15) is 19.8 Å². The van der Waals surface area contributed by atoms with Crippen molar-refractivity contribution < 1.29 is 14.3 Å². The third-order valence-corrected chi connectivity index (χ3v) is 4.77. The highest BCUT2D eigenvalue weighted by atomic mass is 16.6. The van der Waals surface area contributed by atoms with Gasteiger partial charge in [0.05, 0.1) is 0 Å². The summed E-state index contributed by atoms with van der Waals surface area (Å²) in [5.74, 6) is 1.44. The van der Waals surface area contributed by atoms with Crippen molar-refractivity contribution in [3.63, 3.8) is 0 Å². The van der Waals surface area contributed by atoms with Gasteiger partial charge in [0.25, 0.3) is 5.91 Å². The summed E-state index contributed by atoms with van der Waals surface area (Å²) in [7, 11) is 0. The van der Waals surface area contributed by atoms with Crippen LogP contribution < -0.4 is 9.47 Å². The highest BCUT2D eigenvalue weighted by Crippen LogP contribution is 2.34. The monoisotopic (exact) mass is 302 g/mol. The molecule has 1 aromatic carbocycles. The molecule has 0 radical (unpaired) electrons. The Balaban J connectivity index is 1.42. The normalized spacial score (nSPS) is 28.5. The molecule has 0 aromatic heterocycles. The summed E-state index contributed by atoms with van der Waals surface area (Å²) in [6.07, 6.45) is 1.84. The number of nitrogens with zero attached hydrogens (tertiary/aromatic N) is 2. The van der Waals surface area contributed by atoms with E-state index in [4.69, 9.17) is 9.47 Å². The van der Waals surface area contributed by atoms with Crippen molar-refractivity contribution in [1.82, 2.24) is 9.80 Å². The molecule has 2 aliphatic heterocycles. The number of carbonyl (C=O) groups excluding carboxylic acids is 1. The van der Waals surface area contributed by atoms with E-state index in [0.29, 0.717) is 5.75 Å². The maximum atomic E-state index is 12.8. The van der Waals surface area contributed by atoms with Crippen LogP contribution in [-0.4, -0.2) is 60.1 Å². The second-order valence-electron chi connectivity index (χ2n) is 6.40. The summed E-state index contributed by atoms with van der Waals surface area (Å²) in [6.45, 7) is 5.45. The third-order valence-electron chi connectivity index (χ3n) is 4.77. The van der Waals surface area contributed by atoms with Crippen LogP contribution in [0.25, 0.3) is 0 Å². The Hall–Kier alpha value is -1.75. The van der Waals surface area contributed by atoms with E-state index in [-0.39, 0.29) is 12.0 Å². The number of piperazine rings is 1. The standard InChI is InChI=1S/C17H22N2O3/c1-12-16(22-15-5-3-2-4-14(15)21-12)17(20)19-10-8-18(9-11-19)13-6-7-13/h2-5,12-13,16H,6-11H2,1H3/t12-,16-/m1/s1. The molecular formula is C17H22N2O3. The number of carbonyl (C=O) groups is 1. The van der Waals surface area contributed by atoms with Crippen LogP contribution in [0.2, 0.25) is 0 Å². The first-order valence-corrected chi connectivity index (χ1v) is 8.17. The highest BCUT2D eigenvalue weighted by molar-refractivity contribution is 5.82. The first-order chi connectivity index (χ1) is 10.7. The summed E-state index contributed by atoms with van der Waals surface area (Å²) in [6, 6.07) is 8.31. The number of amides is 1. The zero-order chi connectivity index (χ0) is 15.1. The lowest BCUT2D eigenvalue weighted by molar-refractivity contribution is -0.146. The van der Waals surface area contributed by atoms with E-state index in [1.807, 2.05) is 36.1 Å². The second kappa shape index (κ2) is 5.47. The van der Waals surface area contributed by atoms with Crippen molar-refractivity contribution in [1.29, 1.82) is 0 Å². The molecule has 3 aliphatic rings. The Kier molecular flexibility index (Phi) is 3.45. The van der Waals surface area contributed by atoms with Gasteiger partial charge < -0.3 is 14.4 Å². The summed E-state index contributed by atoms with van der Waals surface area (Å²) in [5.41, 5.74) is 0. The fraction of sp³-hybridized carbons (Fsp3) is 0.588. The smallest absolute Gasteiger partial charge is 0.267 e. The SMILES string of the molecule is C[C@H]1Oc2ccccc2O[C@H]1C(=O)N1CCN(C2CC2)CC1. The molecule has 1 amide bonds. The van der Waals surface area contributed by atoms with E-state index < -0.39 is 6.10 Å². The number of fused-ring (bicyclic) bond motifs is 1. The molecule has 5 nitrogen and oxygen atoms in total. The molecule has 1 saturated heterocycles. The zero-order valence-corrected chi connectivity index (χ0v) is 12.9. The summed E-state index contributed by atoms with van der Waals surface area (Å²) < 4.78 is 11.8. The molecule has 0 spiro atoms. The van der Waals surface area contributed by atoms with Gasteiger partial charge >= 0.3 is 0 Å². The fourth-order valence-electron chi connectivity index (χ4n) is 3.32. The molecule has 4 rings (SSSR count). The largest absolute Gasteiger partial charge is 0.482 e. The molecule has 2 atom stereocenters. The van der Waals surface area contributed by atoms with Gasteiger partial charge in [0.2, 0.25) is 6.10 Å². The van der Waals surface area contributed by atoms with Crippen molar-refractivity contribution in [3.8, 4) is 11.5 Å². The van der Waals surface area contributed by atoms with Crippen molar-refractivity contribution in [2.75, 3.05) is 26.2 Å². The molecule has 0 bridgehead atoms. The number of para-hydroxylation sites is 2. The Morgan fingerprint density at radius 1 is 1.05 bits per heavy atom. The van der Waals surface area contributed by atoms with E-state index in [2.05, 4.69) is 4.90 Å². The highest BCUT2D eigenvalue weighted by Gasteiger charge is 2.39. The quantitative estimate of drug-likeness (QED) is 0.831. The van der Waals surface area contributed by atoms with E-state index in [9.17, 15) is 4.79 Å². The van der Waals surface area contributed by atoms with Gasteiger partial charge in [-0.25, -0.2) is 0 Å². The maximum Gasteiger partial charge on any atom is 0.267 e. The Morgan fingerprint density at radius 2 is 1.68 bits per heavy atom. The van der Waals surface area contributed by atoms with Gasteiger partial charge in [0, 0.05) is 32.2 Å². The summed E-state index contributed by atoms with van der Waals surface area (Å²) >= 11 is 0. The van der Waals surface area contributed by atoms with Crippen molar-refractivity contribution >= 4 is 5.91 Å². The van der Waals surface area contributed by atoms with Gasteiger partial charge in [0.15, 0.2) is 11.5 Å². The zero-order valence-electron chi connectivity index (χ0n) is 12.9. The van der Waals surface area contributed by atoms with Crippen LogP contribution >= 0.6 is 0 Å². The molecule has 1 aromatic rings. The molecule has 2 fully saturated rings. The van der Waals surface area contributed by atoms with Gasteiger partial charge in [-0.2, -0.15) is 0 Å². The molecule has 118 valence electrons. The second-order valence-corrected chi connectivity index (χ2v) is 6.40. The van der Waals surface area contributed by atoms with Gasteiger partial charge in [-0.1, -0.05) is 12.1 Å². The average Bonchev–Trinajstić information content (AvgIpc) is 3.39. The number of benzene rings is 1. The van der Waals surface area contributed by atoms with Crippen LogP contribution in [-0.2, 0) is 4.79 Å². The van der Waals surface area contributed by atoms with Crippen LogP contribution in [0.15, 0.2) is 24.3 Å². The van der Waals surface area contributed by atoms with Crippen LogP contribution in [0.3, 0.4) is 0 Å². The van der Waals surface area contributed by atoms with Crippen molar-refractivity contribution in [2.24, 2.45) is 0 Å². The number of rotatable bonds is 2. The minimum absolute atomic E-state index is 0.0532. The average molecular weight is 302 g/mol. The van der Waals surface area contributed by atoms with Crippen LogP contribution in [0.4, 0.5) is 0 Å². The molecule has 1 aliphatic carbocycles. The van der Waals surface area contributed by atoms with Crippen molar-refractivity contribution in [2.45, 2.75) is 38.0 Å². The molecular weight excluding hydrogens is 280 g/mol. The number of hydrogen-bond acceptors (Lipinski definition) is 4. The van der Waals surface area contributed by atoms with Gasteiger partial charge in [-0.3, -0.25) is 9.69 Å². The summed E-state index contributed by atoms with van der Waals surface area (Å²) in [4.78, 5) is 17.2. The van der Waals surface area contributed by atoms with Crippen LogP contribution in [0, 0.1) is 0 Å². The van der Waals surface area contributed by atoms with E-state index in [1.165, 1.54) is 12.8 Å². The molecule has 5 heteroatoms. The van der Waals surface area contributed by atoms with E-state index >= 15 is 0 Å².